The molecule has 100 valence electrons. The molecule has 0 aliphatic heterocycles. The zero-order valence-corrected chi connectivity index (χ0v) is 11.8. The van der Waals surface area contributed by atoms with Gasteiger partial charge in [0.2, 0.25) is 0 Å². The van der Waals surface area contributed by atoms with Crippen LogP contribution in [-0.4, -0.2) is 0 Å². The van der Waals surface area contributed by atoms with Gasteiger partial charge in [0.25, 0.3) is 0 Å². The van der Waals surface area contributed by atoms with Gasteiger partial charge in [-0.2, -0.15) is 0 Å². The van der Waals surface area contributed by atoms with Crippen molar-refractivity contribution in [2.24, 2.45) is 0 Å². The second-order valence-electron chi connectivity index (χ2n) is 4.41. The number of hydrogen-bond acceptors (Lipinski definition) is 0. The minimum absolute atomic E-state index is 0.145. The molecule has 19 heavy (non-hydrogen) atoms. The molecule has 1 unspecified atom stereocenters. The smallest absolute Gasteiger partial charge is 0.129 e. The first-order valence-corrected chi connectivity index (χ1v) is 6.73. The Morgan fingerprint density at radius 3 is 2.26 bits per heavy atom. The van der Waals surface area contributed by atoms with Crippen molar-refractivity contribution < 1.29 is 13.2 Å². The van der Waals surface area contributed by atoms with Crippen LogP contribution in [0.15, 0.2) is 36.4 Å². The number of hydrogen-bond donors (Lipinski definition) is 0. The van der Waals surface area contributed by atoms with Crippen LogP contribution in [0, 0.1) is 24.4 Å². The minimum Gasteiger partial charge on any atom is -0.207 e. The summed E-state index contributed by atoms with van der Waals surface area (Å²) < 4.78 is 39.4. The van der Waals surface area contributed by atoms with E-state index < -0.39 is 11.6 Å². The molecule has 0 spiro atoms. The van der Waals surface area contributed by atoms with E-state index in [-0.39, 0.29) is 10.6 Å². The van der Waals surface area contributed by atoms with Gasteiger partial charge in [-0.1, -0.05) is 28.1 Å². The van der Waals surface area contributed by atoms with Crippen LogP contribution in [-0.2, 0) is 6.42 Å². The second kappa shape index (κ2) is 5.78. The quantitative estimate of drug-likeness (QED) is 0.688. The number of halogens is 4. The lowest BCUT2D eigenvalue weighted by Gasteiger charge is -2.14. The summed E-state index contributed by atoms with van der Waals surface area (Å²) in [5.74, 6) is -1.46. The van der Waals surface area contributed by atoms with Crippen molar-refractivity contribution in [1.82, 2.24) is 0 Å². The van der Waals surface area contributed by atoms with E-state index in [0.29, 0.717) is 12.0 Å². The van der Waals surface area contributed by atoms with Crippen molar-refractivity contribution in [2.75, 3.05) is 0 Å². The van der Waals surface area contributed by atoms with Gasteiger partial charge >= 0.3 is 0 Å². The van der Waals surface area contributed by atoms with Gasteiger partial charge in [-0.15, -0.1) is 0 Å². The van der Waals surface area contributed by atoms with E-state index >= 15 is 0 Å². The van der Waals surface area contributed by atoms with Gasteiger partial charge in [0.15, 0.2) is 0 Å². The van der Waals surface area contributed by atoms with Crippen LogP contribution in [0.2, 0.25) is 0 Å². The van der Waals surface area contributed by atoms with Crippen LogP contribution in [0.3, 0.4) is 0 Å². The molecule has 0 heterocycles. The fourth-order valence-corrected chi connectivity index (χ4v) is 2.84. The lowest BCUT2D eigenvalue weighted by molar-refractivity contribution is 0.571. The van der Waals surface area contributed by atoms with E-state index in [9.17, 15) is 13.2 Å². The third-order valence-corrected chi connectivity index (χ3v) is 3.80. The van der Waals surface area contributed by atoms with Gasteiger partial charge in [-0.25, -0.2) is 13.2 Å². The van der Waals surface area contributed by atoms with E-state index in [2.05, 4.69) is 15.9 Å². The van der Waals surface area contributed by atoms with E-state index in [1.165, 1.54) is 24.3 Å². The third kappa shape index (κ3) is 3.38. The van der Waals surface area contributed by atoms with Gasteiger partial charge in [-0.3, -0.25) is 0 Å². The molecule has 0 bridgehead atoms. The topological polar surface area (TPSA) is 0 Å². The average molecular weight is 329 g/mol. The minimum atomic E-state index is -0.592. The van der Waals surface area contributed by atoms with Gasteiger partial charge in [0.05, 0.1) is 0 Å². The van der Waals surface area contributed by atoms with Crippen molar-refractivity contribution in [3.63, 3.8) is 0 Å². The molecule has 1 atom stereocenters. The lowest BCUT2D eigenvalue weighted by atomic mass is 10.00. The molecule has 0 amide bonds. The highest BCUT2D eigenvalue weighted by atomic mass is 79.9. The Labute approximate surface area is 118 Å². The molecule has 0 fully saturated rings. The first-order chi connectivity index (χ1) is 8.97. The normalized spacial score (nSPS) is 12.5. The van der Waals surface area contributed by atoms with E-state index in [1.807, 2.05) is 0 Å². The largest absolute Gasteiger partial charge is 0.207 e. The summed E-state index contributed by atoms with van der Waals surface area (Å²) >= 11 is 3.47. The molecule has 0 aliphatic rings. The Morgan fingerprint density at radius 1 is 1.00 bits per heavy atom. The molecule has 2 aromatic rings. The van der Waals surface area contributed by atoms with Crippen molar-refractivity contribution in [2.45, 2.75) is 18.2 Å². The summed E-state index contributed by atoms with van der Waals surface area (Å²) in [5.41, 5.74) is 2.11. The number of aryl methyl sites for hydroxylation is 1. The van der Waals surface area contributed by atoms with Crippen molar-refractivity contribution >= 4 is 15.9 Å². The highest BCUT2D eigenvalue weighted by Gasteiger charge is 2.14. The summed E-state index contributed by atoms with van der Waals surface area (Å²) in [5, 5.41) is 0. The maximum absolute atomic E-state index is 13.6. The van der Waals surface area contributed by atoms with Gasteiger partial charge in [-0.05, 0) is 48.2 Å². The standard InChI is InChI=1S/C15H12BrF3/c1-9-6-11(17)4-5-13(9)14(16)7-10-2-3-12(18)8-15(10)19/h2-6,8,14H,7H2,1H3. The summed E-state index contributed by atoms with van der Waals surface area (Å²) in [6.07, 6.45) is 0.374. The highest BCUT2D eigenvalue weighted by molar-refractivity contribution is 9.09. The monoisotopic (exact) mass is 328 g/mol. The van der Waals surface area contributed by atoms with Gasteiger partial charge in [0, 0.05) is 10.9 Å². The fraction of sp³-hybridized carbons (Fsp3) is 0.200. The Hall–Kier alpha value is -1.29. The summed E-state index contributed by atoms with van der Waals surface area (Å²) in [7, 11) is 0. The molecule has 0 saturated carbocycles. The fourth-order valence-electron chi connectivity index (χ4n) is 1.98. The Balaban J connectivity index is 2.23. The average Bonchev–Trinajstić information content (AvgIpc) is 2.32. The first-order valence-electron chi connectivity index (χ1n) is 5.81. The van der Waals surface area contributed by atoms with Crippen molar-refractivity contribution in [3.05, 3.63) is 70.5 Å². The SMILES string of the molecule is Cc1cc(F)ccc1C(Br)Cc1ccc(F)cc1F. The van der Waals surface area contributed by atoms with Crippen LogP contribution >= 0.6 is 15.9 Å². The first kappa shape index (κ1) is 14.1. The molecule has 0 nitrogen and oxygen atoms in total. The third-order valence-electron chi connectivity index (χ3n) is 2.98. The van der Waals surface area contributed by atoms with Crippen LogP contribution < -0.4 is 0 Å². The molecule has 0 radical (unpaired) electrons. The van der Waals surface area contributed by atoms with Crippen LogP contribution in [0.25, 0.3) is 0 Å². The van der Waals surface area contributed by atoms with Crippen LogP contribution in [0.5, 0.6) is 0 Å². The lowest BCUT2D eigenvalue weighted by Crippen LogP contribution is -2.01. The molecule has 0 aliphatic carbocycles. The molecule has 2 rings (SSSR count). The number of benzene rings is 2. The molecule has 0 saturated heterocycles. The van der Waals surface area contributed by atoms with Gasteiger partial charge < -0.3 is 0 Å². The Morgan fingerprint density at radius 2 is 1.63 bits per heavy atom. The Bertz CT molecular complexity index is 596. The molecule has 0 aromatic heterocycles. The van der Waals surface area contributed by atoms with Crippen LogP contribution in [0.4, 0.5) is 13.2 Å². The van der Waals surface area contributed by atoms with Gasteiger partial charge in [0.1, 0.15) is 17.5 Å². The maximum Gasteiger partial charge on any atom is 0.129 e. The second-order valence-corrected chi connectivity index (χ2v) is 5.51. The van der Waals surface area contributed by atoms with Crippen LogP contribution in [0.1, 0.15) is 21.5 Å². The molecule has 4 heteroatoms. The molecular weight excluding hydrogens is 317 g/mol. The maximum atomic E-state index is 13.6. The highest BCUT2D eigenvalue weighted by Crippen LogP contribution is 2.30. The molecule has 2 aromatic carbocycles. The van der Waals surface area contributed by atoms with Crippen molar-refractivity contribution in [1.29, 1.82) is 0 Å². The zero-order valence-electron chi connectivity index (χ0n) is 10.3. The van der Waals surface area contributed by atoms with E-state index in [1.54, 1.807) is 13.0 Å². The summed E-state index contributed by atoms with van der Waals surface area (Å²) in [4.78, 5) is -0.145. The van der Waals surface area contributed by atoms with E-state index in [0.717, 1.165) is 17.2 Å². The molecule has 0 N–H and O–H groups in total. The zero-order chi connectivity index (χ0) is 14.0. The predicted octanol–water partition coefficient (Wildman–Crippen LogP) is 5.09. The number of alkyl halides is 1. The summed E-state index contributed by atoms with van der Waals surface area (Å²) in [6, 6.07) is 8.01. The molecular formula is C15H12BrF3. The van der Waals surface area contributed by atoms with E-state index in [4.69, 9.17) is 0 Å². The predicted molar refractivity (Wildman–Crippen MR) is 72.9 cm³/mol. The Kier molecular flexibility index (Phi) is 4.30. The van der Waals surface area contributed by atoms with Crippen molar-refractivity contribution in [3.8, 4) is 0 Å². The number of rotatable bonds is 3. The summed E-state index contributed by atoms with van der Waals surface area (Å²) in [6.45, 7) is 1.80.